The van der Waals surface area contributed by atoms with Gasteiger partial charge in [-0.25, -0.2) is 9.37 Å². The normalized spacial score (nSPS) is 15.5. The highest BCUT2D eigenvalue weighted by Crippen LogP contribution is 2.31. The average Bonchev–Trinajstić information content (AvgIpc) is 3.30. The van der Waals surface area contributed by atoms with Crippen molar-refractivity contribution in [2.45, 2.75) is 32.1 Å². The van der Waals surface area contributed by atoms with E-state index in [1.54, 1.807) is 6.07 Å². The molecular weight excluding hydrogens is 329 g/mol. The standard InChI is InChI=1S/C21H22FN3O/c1-15-6-4-9-20-23-14-19(25(15)20)18(16-7-5-8-17(22)12-16)13-21(26)24-10-2-3-11-24/h4-9,12,14,18H,2-3,10-11,13H2,1H3/t18-/m1/s1. The monoisotopic (exact) mass is 351 g/mol. The molecule has 0 N–H and O–H groups in total. The number of carbonyl (C=O) groups excluding carboxylic acids is 1. The Bertz CT molecular complexity index is 943. The van der Waals surface area contributed by atoms with Crippen LogP contribution in [0.3, 0.4) is 0 Å². The maximum atomic E-state index is 13.9. The molecule has 1 saturated heterocycles. The minimum absolute atomic E-state index is 0.125. The molecule has 1 aromatic carbocycles. The average molecular weight is 351 g/mol. The molecule has 4 rings (SSSR count). The molecule has 0 spiro atoms. The molecule has 0 bridgehead atoms. The molecule has 26 heavy (non-hydrogen) atoms. The zero-order chi connectivity index (χ0) is 18.1. The molecular formula is C21H22FN3O. The number of rotatable bonds is 4. The molecule has 2 aromatic heterocycles. The van der Waals surface area contributed by atoms with Crippen molar-refractivity contribution in [2.75, 3.05) is 13.1 Å². The van der Waals surface area contributed by atoms with Gasteiger partial charge in [0.1, 0.15) is 11.5 Å². The van der Waals surface area contributed by atoms with Crippen LogP contribution in [0.1, 0.15) is 42.1 Å². The van der Waals surface area contributed by atoms with Crippen LogP contribution in [0.4, 0.5) is 4.39 Å². The van der Waals surface area contributed by atoms with E-state index in [0.717, 1.165) is 48.5 Å². The summed E-state index contributed by atoms with van der Waals surface area (Å²) >= 11 is 0. The lowest BCUT2D eigenvalue weighted by Gasteiger charge is -2.22. The SMILES string of the molecule is Cc1cccc2ncc([C@H](CC(=O)N3CCCC3)c3cccc(F)c3)n12. The summed E-state index contributed by atoms with van der Waals surface area (Å²) in [6.07, 6.45) is 4.26. The third-order valence-corrected chi connectivity index (χ3v) is 5.20. The Balaban J connectivity index is 1.78. The number of hydrogen-bond donors (Lipinski definition) is 0. The van der Waals surface area contributed by atoms with E-state index in [-0.39, 0.29) is 17.6 Å². The maximum absolute atomic E-state index is 13.9. The van der Waals surface area contributed by atoms with Crippen molar-refractivity contribution in [2.24, 2.45) is 0 Å². The van der Waals surface area contributed by atoms with Crippen LogP contribution in [0.15, 0.2) is 48.7 Å². The Hall–Kier alpha value is -2.69. The molecule has 5 heteroatoms. The highest BCUT2D eigenvalue weighted by Gasteiger charge is 2.26. The van der Waals surface area contributed by atoms with Crippen LogP contribution in [0.2, 0.25) is 0 Å². The van der Waals surface area contributed by atoms with Crippen molar-refractivity contribution >= 4 is 11.6 Å². The predicted octanol–water partition coefficient (Wildman–Crippen LogP) is 3.93. The molecule has 0 radical (unpaired) electrons. The van der Waals surface area contributed by atoms with Gasteiger partial charge in [0.05, 0.1) is 5.69 Å². The van der Waals surface area contributed by atoms with Gasteiger partial charge in [-0.1, -0.05) is 18.2 Å². The van der Waals surface area contributed by atoms with Crippen molar-refractivity contribution in [3.8, 4) is 0 Å². The summed E-state index contributed by atoms with van der Waals surface area (Å²) < 4.78 is 15.9. The second kappa shape index (κ2) is 6.90. The van der Waals surface area contributed by atoms with Gasteiger partial charge in [-0.3, -0.25) is 4.79 Å². The Morgan fingerprint density at radius 2 is 1.96 bits per heavy atom. The van der Waals surface area contributed by atoms with Crippen LogP contribution in [-0.4, -0.2) is 33.3 Å². The van der Waals surface area contributed by atoms with Gasteiger partial charge >= 0.3 is 0 Å². The van der Waals surface area contributed by atoms with E-state index >= 15 is 0 Å². The molecule has 1 atom stereocenters. The zero-order valence-corrected chi connectivity index (χ0v) is 14.9. The number of aromatic nitrogens is 2. The van der Waals surface area contributed by atoms with Crippen molar-refractivity contribution < 1.29 is 9.18 Å². The number of nitrogens with zero attached hydrogens (tertiary/aromatic N) is 3. The molecule has 1 aliphatic rings. The minimum Gasteiger partial charge on any atom is -0.343 e. The third-order valence-electron chi connectivity index (χ3n) is 5.20. The van der Waals surface area contributed by atoms with Gasteiger partial charge in [0.15, 0.2) is 0 Å². The smallest absolute Gasteiger partial charge is 0.223 e. The summed E-state index contributed by atoms with van der Waals surface area (Å²) in [4.78, 5) is 19.2. The van der Waals surface area contributed by atoms with E-state index in [0.29, 0.717) is 6.42 Å². The highest BCUT2D eigenvalue weighted by molar-refractivity contribution is 5.78. The van der Waals surface area contributed by atoms with Crippen LogP contribution in [-0.2, 0) is 4.79 Å². The molecule has 0 aliphatic carbocycles. The summed E-state index contributed by atoms with van der Waals surface area (Å²) in [6.45, 7) is 3.66. The Kier molecular flexibility index (Phi) is 4.45. The lowest BCUT2D eigenvalue weighted by Crippen LogP contribution is -2.29. The molecule has 134 valence electrons. The number of aryl methyl sites for hydroxylation is 1. The van der Waals surface area contributed by atoms with Gasteiger partial charge in [-0.05, 0) is 49.6 Å². The number of imidazole rings is 1. The van der Waals surface area contributed by atoms with Gasteiger partial charge in [-0.15, -0.1) is 0 Å². The number of halogens is 1. The van der Waals surface area contributed by atoms with Gasteiger partial charge < -0.3 is 9.30 Å². The Labute approximate surface area is 152 Å². The summed E-state index contributed by atoms with van der Waals surface area (Å²) in [7, 11) is 0. The molecule has 0 unspecified atom stereocenters. The molecule has 4 nitrogen and oxygen atoms in total. The minimum atomic E-state index is -0.285. The van der Waals surface area contributed by atoms with Gasteiger partial charge in [0.25, 0.3) is 0 Å². The van der Waals surface area contributed by atoms with E-state index in [1.807, 2.05) is 42.3 Å². The fourth-order valence-corrected chi connectivity index (χ4v) is 3.86. The number of hydrogen-bond acceptors (Lipinski definition) is 2. The summed E-state index contributed by atoms with van der Waals surface area (Å²) in [5.74, 6) is -0.387. The Morgan fingerprint density at radius 3 is 2.73 bits per heavy atom. The summed E-state index contributed by atoms with van der Waals surface area (Å²) in [6, 6.07) is 12.5. The molecule has 1 aliphatic heterocycles. The van der Waals surface area contributed by atoms with E-state index in [1.165, 1.54) is 12.1 Å². The van der Waals surface area contributed by atoms with E-state index < -0.39 is 0 Å². The quantitative estimate of drug-likeness (QED) is 0.714. The van der Waals surface area contributed by atoms with E-state index in [4.69, 9.17) is 0 Å². The Morgan fingerprint density at radius 1 is 1.19 bits per heavy atom. The fraction of sp³-hybridized carbons (Fsp3) is 0.333. The lowest BCUT2D eigenvalue weighted by atomic mass is 9.92. The van der Waals surface area contributed by atoms with E-state index in [9.17, 15) is 9.18 Å². The first-order chi connectivity index (χ1) is 12.6. The first-order valence-electron chi connectivity index (χ1n) is 9.10. The zero-order valence-electron chi connectivity index (χ0n) is 14.9. The van der Waals surface area contributed by atoms with Crippen molar-refractivity contribution in [3.05, 3.63) is 71.4 Å². The van der Waals surface area contributed by atoms with Gasteiger partial charge in [0, 0.05) is 37.3 Å². The van der Waals surface area contributed by atoms with Crippen LogP contribution >= 0.6 is 0 Å². The molecule has 3 aromatic rings. The summed E-state index contributed by atoms with van der Waals surface area (Å²) in [5, 5.41) is 0. The van der Waals surface area contributed by atoms with Crippen LogP contribution in [0, 0.1) is 12.7 Å². The number of likely N-dealkylation sites (tertiary alicyclic amines) is 1. The third kappa shape index (κ3) is 3.09. The lowest BCUT2D eigenvalue weighted by molar-refractivity contribution is -0.130. The number of benzene rings is 1. The maximum Gasteiger partial charge on any atom is 0.223 e. The topological polar surface area (TPSA) is 37.6 Å². The van der Waals surface area contributed by atoms with Gasteiger partial charge in [-0.2, -0.15) is 0 Å². The van der Waals surface area contributed by atoms with Crippen LogP contribution in [0.5, 0.6) is 0 Å². The number of amides is 1. The largest absolute Gasteiger partial charge is 0.343 e. The fourth-order valence-electron chi connectivity index (χ4n) is 3.86. The first-order valence-corrected chi connectivity index (χ1v) is 9.10. The van der Waals surface area contributed by atoms with Crippen molar-refractivity contribution in [3.63, 3.8) is 0 Å². The second-order valence-corrected chi connectivity index (χ2v) is 6.94. The van der Waals surface area contributed by atoms with Crippen LogP contribution < -0.4 is 0 Å². The highest BCUT2D eigenvalue weighted by atomic mass is 19.1. The summed E-state index contributed by atoms with van der Waals surface area (Å²) in [5.41, 5.74) is 3.62. The molecule has 1 amide bonds. The van der Waals surface area contributed by atoms with Gasteiger partial charge in [0.2, 0.25) is 5.91 Å². The molecule has 3 heterocycles. The number of fused-ring (bicyclic) bond motifs is 1. The van der Waals surface area contributed by atoms with Crippen molar-refractivity contribution in [1.29, 1.82) is 0 Å². The predicted molar refractivity (Wildman–Crippen MR) is 98.6 cm³/mol. The molecule has 0 saturated carbocycles. The van der Waals surface area contributed by atoms with Crippen molar-refractivity contribution in [1.82, 2.24) is 14.3 Å². The van der Waals surface area contributed by atoms with Crippen LogP contribution in [0.25, 0.3) is 5.65 Å². The molecule has 1 fully saturated rings. The number of pyridine rings is 1. The van der Waals surface area contributed by atoms with E-state index in [2.05, 4.69) is 9.38 Å². The second-order valence-electron chi connectivity index (χ2n) is 6.94. The first kappa shape index (κ1) is 16.8. The number of carbonyl (C=O) groups is 1.